The van der Waals surface area contributed by atoms with Crippen LogP contribution in [0, 0.1) is 0 Å². The van der Waals surface area contributed by atoms with Crippen molar-refractivity contribution in [3.63, 3.8) is 0 Å². The predicted octanol–water partition coefficient (Wildman–Crippen LogP) is 13.3. The summed E-state index contributed by atoms with van der Waals surface area (Å²) in [6.45, 7) is 1.25. The Morgan fingerprint density at radius 2 is 0.792 bits per heavy atom. The number of benzene rings is 4. The van der Waals surface area contributed by atoms with Crippen molar-refractivity contribution >= 4 is 61.3 Å². The first-order valence-corrected chi connectivity index (χ1v) is 31.7. The molecule has 4 aromatic rings. The normalized spacial score (nSPS) is 22.4. The minimum absolute atomic E-state index is 0.230. The van der Waals surface area contributed by atoms with E-state index >= 15 is 0 Å². The number of ether oxygens (including phenoxy) is 4. The minimum atomic E-state index is -3.43. The van der Waals surface area contributed by atoms with Crippen LogP contribution in [-0.2, 0) is 46.7 Å². The maximum atomic E-state index is 13.7. The highest BCUT2D eigenvalue weighted by Gasteiger charge is 2.51. The molecule has 2 fully saturated rings. The summed E-state index contributed by atoms with van der Waals surface area (Å²) in [5, 5.41) is 1.26. The quantitative estimate of drug-likeness (QED) is 0.0260. The summed E-state index contributed by atoms with van der Waals surface area (Å²) in [5.41, 5.74) is 3.70. The fourth-order valence-electron chi connectivity index (χ4n) is 9.76. The second-order valence-electron chi connectivity index (χ2n) is 18.9. The van der Waals surface area contributed by atoms with Crippen LogP contribution in [0.25, 0.3) is 22.3 Å². The van der Waals surface area contributed by atoms with E-state index in [0.717, 1.165) is 109 Å². The monoisotopic (exact) mass is 1060 g/mol. The highest BCUT2D eigenvalue weighted by atomic mass is 32.2. The molecule has 0 saturated carbocycles. The van der Waals surface area contributed by atoms with Gasteiger partial charge < -0.3 is 28.0 Å². The number of fused-ring (bicyclic) bond motifs is 7. The molecule has 4 heterocycles. The molecule has 0 N–H and O–H groups in total. The van der Waals surface area contributed by atoms with Crippen molar-refractivity contribution in [2.75, 3.05) is 49.4 Å². The lowest BCUT2D eigenvalue weighted by atomic mass is 10.0. The topological polar surface area (TPSA) is 142 Å². The Morgan fingerprint density at radius 1 is 0.444 bits per heavy atom. The molecule has 4 aromatic carbocycles. The van der Waals surface area contributed by atoms with Gasteiger partial charge in [0.25, 0.3) is 0 Å². The van der Waals surface area contributed by atoms with Gasteiger partial charge in [-0.2, -0.15) is 23.5 Å². The fraction of sp³-hybridized carbons (Fsp3) is 0.536. The fourth-order valence-corrected chi connectivity index (χ4v) is 15.2. The van der Waals surface area contributed by atoms with Crippen LogP contribution in [0.2, 0.25) is 0 Å². The van der Waals surface area contributed by atoms with Gasteiger partial charge in [-0.3, -0.25) is 18.6 Å². The number of carbonyl (C=O) groups is 2. The van der Waals surface area contributed by atoms with Gasteiger partial charge >= 0.3 is 27.1 Å². The zero-order valence-corrected chi connectivity index (χ0v) is 45.0. The number of para-hydroxylation sites is 2. The lowest BCUT2D eigenvalue weighted by Crippen LogP contribution is -2.35. The summed E-state index contributed by atoms with van der Waals surface area (Å²) in [5.74, 6) is 4.36. The van der Waals surface area contributed by atoms with E-state index in [0.29, 0.717) is 48.2 Å². The van der Waals surface area contributed by atoms with Gasteiger partial charge in [-0.05, 0) is 61.5 Å². The smallest absolute Gasteiger partial charge is 0.411 e. The average Bonchev–Trinajstić information content (AvgIpc) is 3.99. The SMILES string of the molecule is O=C(CCCCCCCCCCSCCOP1(=O)Oc2ccccc2-c2ccccc21)O[C@H]1COC2C1OC[C@H]2OC(=O)CCCCCCCCCCSCCOP1(=O)Oc2ccccc2-c2ccccc21. The lowest BCUT2D eigenvalue weighted by molar-refractivity contribution is -0.155. The van der Waals surface area contributed by atoms with Gasteiger partial charge in [-0.15, -0.1) is 0 Å². The third kappa shape index (κ3) is 15.3. The summed E-state index contributed by atoms with van der Waals surface area (Å²) in [4.78, 5) is 25.4. The van der Waals surface area contributed by atoms with Gasteiger partial charge in [-0.25, -0.2) is 9.13 Å². The Labute approximate surface area is 435 Å². The van der Waals surface area contributed by atoms with E-state index in [2.05, 4.69) is 0 Å². The molecular formula is C56H72O12P2S2. The van der Waals surface area contributed by atoms with Crippen LogP contribution in [0.15, 0.2) is 97.1 Å². The Kier molecular flexibility index (Phi) is 21.5. The standard InChI is InChI=1S/C56H72O12P2S2/c57-53(33-13-9-5-1-3-7-11-23-37-71-39-35-63-69(59)51-31-21-17-27-45(51)43-25-15-19-29-47(43)67-69)65-49-41-61-56-50(42-62-55(49)56)66-54(58)34-14-10-6-2-4-8-12-24-38-72-40-36-64-70(60)52-32-22-18-28-46(52)44-26-16-20-30-48(44)68-70/h15-22,25-32,49-50,55-56H,1-14,23-24,33-42H2/t49-,50+,55?,56?,69?,70?. The minimum Gasteiger partial charge on any atom is -0.457 e. The van der Waals surface area contributed by atoms with Crippen molar-refractivity contribution < 1.29 is 55.8 Å². The van der Waals surface area contributed by atoms with Gasteiger partial charge in [0.2, 0.25) is 0 Å². The van der Waals surface area contributed by atoms with Crippen molar-refractivity contribution in [3.05, 3.63) is 97.1 Å². The van der Waals surface area contributed by atoms with Crippen LogP contribution >= 0.6 is 38.7 Å². The van der Waals surface area contributed by atoms with Crippen molar-refractivity contribution in [2.24, 2.45) is 0 Å². The first-order chi connectivity index (χ1) is 35.3. The van der Waals surface area contributed by atoms with E-state index in [1.165, 1.54) is 38.5 Å². The van der Waals surface area contributed by atoms with E-state index in [1.807, 2.05) is 121 Å². The van der Waals surface area contributed by atoms with E-state index in [9.17, 15) is 18.7 Å². The van der Waals surface area contributed by atoms with Crippen LogP contribution in [-0.4, -0.2) is 85.8 Å². The van der Waals surface area contributed by atoms with Gasteiger partial charge in [0.15, 0.2) is 12.2 Å². The Hall–Kier alpha value is -3.58. The first kappa shape index (κ1) is 54.7. The summed E-state index contributed by atoms with van der Waals surface area (Å²) >= 11 is 3.65. The van der Waals surface area contributed by atoms with Gasteiger partial charge in [-0.1, -0.05) is 150 Å². The number of unbranched alkanes of at least 4 members (excludes halogenated alkanes) is 14. The number of hydrogen-bond acceptors (Lipinski definition) is 14. The van der Waals surface area contributed by atoms with Crippen LogP contribution in [0.4, 0.5) is 0 Å². The van der Waals surface area contributed by atoms with Crippen LogP contribution in [0.3, 0.4) is 0 Å². The Bertz CT molecular complexity index is 2290. The molecule has 2 saturated heterocycles. The molecule has 0 aliphatic carbocycles. The van der Waals surface area contributed by atoms with Gasteiger partial charge in [0.05, 0.1) is 37.0 Å². The maximum absolute atomic E-state index is 13.7. The molecule has 12 nitrogen and oxygen atoms in total. The van der Waals surface area contributed by atoms with E-state index in [-0.39, 0.29) is 25.2 Å². The highest BCUT2D eigenvalue weighted by Crippen LogP contribution is 2.56. The van der Waals surface area contributed by atoms with Crippen molar-refractivity contribution in [1.82, 2.24) is 0 Å². The molecule has 390 valence electrons. The van der Waals surface area contributed by atoms with Crippen molar-refractivity contribution in [2.45, 2.75) is 140 Å². The molecular weight excluding hydrogens is 991 g/mol. The number of rotatable bonds is 32. The zero-order chi connectivity index (χ0) is 49.9. The molecule has 4 aliphatic rings. The molecule has 0 amide bonds. The number of carbonyl (C=O) groups excluding carboxylic acids is 2. The lowest BCUT2D eigenvalue weighted by Gasteiger charge is -2.27. The number of esters is 2. The van der Waals surface area contributed by atoms with Crippen molar-refractivity contribution in [1.29, 1.82) is 0 Å². The second kappa shape index (κ2) is 28.4. The van der Waals surface area contributed by atoms with E-state index in [1.54, 1.807) is 0 Å². The molecule has 4 unspecified atom stereocenters. The van der Waals surface area contributed by atoms with E-state index < -0.39 is 39.6 Å². The van der Waals surface area contributed by atoms with E-state index in [4.69, 9.17) is 37.0 Å². The largest absolute Gasteiger partial charge is 0.457 e. The zero-order valence-electron chi connectivity index (χ0n) is 41.5. The summed E-state index contributed by atoms with van der Waals surface area (Å²) < 4.78 is 74.5. The van der Waals surface area contributed by atoms with Gasteiger partial charge in [0, 0.05) is 46.6 Å². The first-order valence-electron chi connectivity index (χ1n) is 26.4. The highest BCUT2D eigenvalue weighted by molar-refractivity contribution is 7.99. The molecule has 0 bridgehead atoms. The number of thioether (sulfide) groups is 2. The molecule has 0 spiro atoms. The maximum Gasteiger partial charge on any atom is 0.411 e. The van der Waals surface area contributed by atoms with Crippen LogP contribution in [0.5, 0.6) is 11.5 Å². The summed E-state index contributed by atoms with van der Waals surface area (Å²) in [6, 6.07) is 30.6. The Balaban J connectivity index is 0.564. The van der Waals surface area contributed by atoms with Gasteiger partial charge in [0.1, 0.15) is 23.7 Å². The molecule has 6 atom stereocenters. The predicted molar refractivity (Wildman–Crippen MR) is 288 cm³/mol. The Morgan fingerprint density at radius 3 is 1.21 bits per heavy atom. The molecule has 8 rings (SSSR count). The summed E-state index contributed by atoms with van der Waals surface area (Å²) in [6.07, 6.45) is 16.5. The third-order valence-corrected chi connectivity index (χ3v) is 19.5. The molecule has 0 radical (unpaired) electrons. The number of hydrogen-bond donors (Lipinski definition) is 0. The third-order valence-electron chi connectivity index (χ3n) is 13.5. The van der Waals surface area contributed by atoms with Crippen LogP contribution < -0.4 is 19.7 Å². The second-order valence-corrected chi connectivity index (χ2v) is 25.2. The molecule has 0 aromatic heterocycles. The van der Waals surface area contributed by atoms with Crippen LogP contribution in [0.1, 0.15) is 116 Å². The summed E-state index contributed by atoms with van der Waals surface area (Å²) in [7, 11) is -6.86. The average molecular weight is 1060 g/mol. The van der Waals surface area contributed by atoms with Crippen molar-refractivity contribution in [3.8, 4) is 33.8 Å². The molecule has 72 heavy (non-hydrogen) atoms. The molecule has 16 heteroatoms. The molecule has 4 aliphatic heterocycles.